The maximum atomic E-state index is 13.1. The average Bonchev–Trinajstić information content (AvgIpc) is 2.98. The molecular formula is C16H13F3N6O4S. The quantitative estimate of drug-likeness (QED) is 0.694. The van der Waals surface area contributed by atoms with Crippen LogP contribution < -0.4 is 10.6 Å². The van der Waals surface area contributed by atoms with Crippen molar-refractivity contribution in [3.05, 3.63) is 35.2 Å². The molecule has 0 aliphatic carbocycles. The monoisotopic (exact) mass is 442 g/mol. The van der Waals surface area contributed by atoms with Crippen molar-refractivity contribution in [1.29, 1.82) is 5.26 Å². The van der Waals surface area contributed by atoms with Crippen LogP contribution in [0, 0.1) is 11.3 Å². The molecule has 158 valence electrons. The van der Waals surface area contributed by atoms with Crippen molar-refractivity contribution in [1.82, 2.24) is 20.1 Å². The first-order valence-electron chi connectivity index (χ1n) is 8.22. The van der Waals surface area contributed by atoms with Crippen molar-refractivity contribution < 1.29 is 31.2 Å². The summed E-state index contributed by atoms with van der Waals surface area (Å²) in [5, 5.41) is 16.9. The molecule has 1 aliphatic heterocycles. The number of nitrogens with one attached hydrogen (secondary N) is 2. The highest BCUT2D eigenvalue weighted by Crippen LogP contribution is 2.32. The van der Waals surface area contributed by atoms with Crippen LogP contribution in [0.3, 0.4) is 0 Å². The van der Waals surface area contributed by atoms with E-state index in [2.05, 4.69) is 15.4 Å². The van der Waals surface area contributed by atoms with Crippen LogP contribution in [0.1, 0.15) is 21.6 Å². The van der Waals surface area contributed by atoms with Crippen LogP contribution in [-0.4, -0.2) is 59.2 Å². The lowest BCUT2D eigenvalue weighted by molar-refractivity contribution is -0.154. The van der Waals surface area contributed by atoms with Gasteiger partial charge in [0.05, 0.1) is 11.3 Å². The van der Waals surface area contributed by atoms with Crippen LogP contribution in [0.15, 0.2) is 18.3 Å². The topological polar surface area (TPSA) is 147 Å². The predicted octanol–water partition coefficient (Wildman–Crippen LogP) is 0.339. The van der Waals surface area contributed by atoms with E-state index in [4.69, 9.17) is 5.26 Å². The molecule has 0 unspecified atom stereocenters. The van der Waals surface area contributed by atoms with E-state index in [1.54, 1.807) is 0 Å². The highest BCUT2D eigenvalue weighted by molar-refractivity contribution is 7.91. The summed E-state index contributed by atoms with van der Waals surface area (Å²) in [5.41, 5.74) is -0.390. The van der Waals surface area contributed by atoms with Gasteiger partial charge in [0, 0.05) is 18.9 Å². The number of alkyl halides is 3. The van der Waals surface area contributed by atoms with Gasteiger partial charge in [-0.25, -0.2) is 13.4 Å². The number of amides is 2. The molecule has 10 nitrogen and oxygen atoms in total. The van der Waals surface area contributed by atoms with Gasteiger partial charge in [0.2, 0.25) is 5.91 Å². The van der Waals surface area contributed by atoms with Crippen LogP contribution in [0.5, 0.6) is 0 Å². The number of pyridine rings is 1. The molecule has 0 spiro atoms. The van der Waals surface area contributed by atoms with Crippen molar-refractivity contribution in [2.75, 3.05) is 17.3 Å². The Kier molecular flexibility index (Phi) is 5.25. The molecule has 3 heterocycles. The Hall–Kier alpha value is -3.47. The third-order valence-electron chi connectivity index (χ3n) is 4.03. The number of nitrogens with zero attached hydrogens (tertiary/aromatic N) is 4. The highest BCUT2D eigenvalue weighted by atomic mass is 32.2. The van der Waals surface area contributed by atoms with E-state index in [9.17, 15) is 31.2 Å². The van der Waals surface area contributed by atoms with E-state index in [1.165, 1.54) is 12.1 Å². The number of aromatic nitrogens is 3. The average molecular weight is 442 g/mol. The summed E-state index contributed by atoms with van der Waals surface area (Å²) in [4.78, 5) is 28.5. The van der Waals surface area contributed by atoms with Crippen LogP contribution in [0.4, 0.5) is 19.0 Å². The number of fused-ring (bicyclic) bond motifs is 1. The van der Waals surface area contributed by atoms with Gasteiger partial charge in [0.15, 0.2) is 21.5 Å². The smallest absolute Gasteiger partial charge is 0.340 e. The number of carbonyl (C=O) groups is 2. The molecule has 2 aromatic heterocycles. The fourth-order valence-corrected chi connectivity index (χ4v) is 3.33. The van der Waals surface area contributed by atoms with Crippen LogP contribution in [0.2, 0.25) is 0 Å². The number of nitriles is 1. The minimum atomic E-state index is -4.72. The lowest BCUT2D eigenvalue weighted by Crippen LogP contribution is -2.50. The van der Waals surface area contributed by atoms with Gasteiger partial charge < -0.3 is 10.6 Å². The standard InChI is InChI=1S/C16H13F3N6O4S/c1-30(28,29)7-12(26)23-14-13-9(4-10(16(17,18)19)22-15(13)27)24-25(14)11-3-2-8(5-20)6-21-11/h2-3,6,10H,4,7H2,1H3,(H,22,27)(H,23,26)/t10-/m1/s1. The van der Waals surface area contributed by atoms with Gasteiger partial charge in [0.1, 0.15) is 23.4 Å². The molecule has 0 saturated carbocycles. The van der Waals surface area contributed by atoms with E-state index >= 15 is 0 Å². The second-order valence-electron chi connectivity index (χ2n) is 6.49. The number of rotatable bonds is 4. The molecule has 1 atom stereocenters. The molecule has 30 heavy (non-hydrogen) atoms. The minimum Gasteiger partial charge on any atom is -0.340 e. The van der Waals surface area contributed by atoms with E-state index < -0.39 is 46.0 Å². The zero-order chi connectivity index (χ0) is 22.3. The summed E-state index contributed by atoms with van der Waals surface area (Å²) in [7, 11) is -3.72. The summed E-state index contributed by atoms with van der Waals surface area (Å²) in [6.07, 6.45) is -3.43. The molecular weight excluding hydrogens is 429 g/mol. The number of hydrogen-bond acceptors (Lipinski definition) is 7. The Labute approximate surface area is 167 Å². The van der Waals surface area contributed by atoms with Crippen LogP contribution in [-0.2, 0) is 21.1 Å². The first-order chi connectivity index (χ1) is 13.9. The maximum Gasteiger partial charge on any atom is 0.409 e. The van der Waals surface area contributed by atoms with Gasteiger partial charge >= 0.3 is 6.18 Å². The van der Waals surface area contributed by atoms with E-state index in [1.807, 2.05) is 11.4 Å². The van der Waals surface area contributed by atoms with Crippen molar-refractivity contribution in [3.63, 3.8) is 0 Å². The Bertz CT molecular complexity index is 1170. The zero-order valence-corrected chi connectivity index (χ0v) is 16.0. The molecule has 14 heteroatoms. The molecule has 0 saturated heterocycles. The van der Waals surface area contributed by atoms with E-state index in [0.717, 1.165) is 17.1 Å². The highest BCUT2D eigenvalue weighted by Gasteiger charge is 2.46. The number of anilines is 1. The van der Waals surface area contributed by atoms with Crippen LogP contribution >= 0.6 is 0 Å². The Morgan fingerprint density at radius 3 is 2.67 bits per heavy atom. The first-order valence-corrected chi connectivity index (χ1v) is 10.3. The van der Waals surface area contributed by atoms with E-state index in [-0.39, 0.29) is 28.5 Å². The summed E-state index contributed by atoms with van der Waals surface area (Å²) in [6, 6.07) is 2.33. The van der Waals surface area contributed by atoms with Gasteiger partial charge in [0.25, 0.3) is 5.91 Å². The number of halogens is 3. The number of carbonyl (C=O) groups excluding carboxylic acids is 2. The van der Waals surface area contributed by atoms with Gasteiger partial charge in [-0.1, -0.05) is 0 Å². The van der Waals surface area contributed by atoms with Crippen molar-refractivity contribution in [2.24, 2.45) is 0 Å². The molecule has 1 aliphatic rings. The largest absolute Gasteiger partial charge is 0.409 e. The van der Waals surface area contributed by atoms with Crippen molar-refractivity contribution >= 4 is 27.5 Å². The molecule has 0 bridgehead atoms. The Balaban J connectivity index is 2.10. The minimum absolute atomic E-state index is 0.00517. The van der Waals surface area contributed by atoms with Gasteiger partial charge in [-0.2, -0.15) is 28.2 Å². The second-order valence-corrected chi connectivity index (χ2v) is 8.63. The molecule has 2 aromatic rings. The summed E-state index contributed by atoms with van der Waals surface area (Å²) < 4.78 is 62.9. The summed E-state index contributed by atoms with van der Waals surface area (Å²) in [5.74, 6) is -3.39. The van der Waals surface area contributed by atoms with Crippen molar-refractivity contribution in [2.45, 2.75) is 18.6 Å². The number of sulfone groups is 1. The zero-order valence-electron chi connectivity index (χ0n) is 15.2. The number of hydrogen-bond donors (Lipinski definition) is 2. The summed E-state index contributed by atoms with van der Waals surface area (Å²) in [6.45, 7) is 0. The molecule has 2 N–H and O–H groups in total. The fraction of sp³-hybridized carbons (Fsp3) is 0.312. The third kappa shape index (κ3) is 4.40. The first kappa shape index (κ1) is 21.2. The van der Waals surface area contributed by atoms with Gasteiger partial charge in [-0.15, -0.1) is 0 Å². The Morgan fingerprint density at radius 2 is 2.13 bits per heavy atom. The molecule has 3 rings (SSSR count). The summed E-state index contributed by atoms with van der Waals surface area (Å²) >= 11 is 0. The molecule has 2 amide bonds. The lowest BCUT2D eigenvalue weighted by Gasteiger charge is -2.25. The maximum absolute atomic E-state index is 13.1. The third-order valence-corrected chi connectivity index (χ3v) is 4.81. The molecule has 0 fully saturated rings. The molecule has 0 aromatic carbocycles. The second kappa shape index (κ2) is 7.41. The van der Waals surface area contributed by atoms with E-state index in [0.29, 0.717) is 0 Å². The fourth-order valence-electron chi connectivity index (χ4n) is 2.78. The van der Waals surface area contributed by atoms with Gasteiger partial charge in [-0.3, -0.25) is 9.59 Å². The Morgan fingerprint density at radius 1 is 1.43 bits per heavy atom. The van der Waals surface area contributed by atoms with Crippen LogP contribution in [0.25, 0.3) is 5.82 Å². The normalized spacial score (nSPS) is 16.4. The van der Waals surface area contributed by atoms with Gasteiger partial charge in [-0.05, 0) is 12.1 Å². The lowest BCUT2D eigenvalue weighted by atomic mass is 10.0. The predicted molar refractivity (Wildman–Crippen MR) is 95.4 cm³/mol. The molecule has 0 radical (unpaired) electrons. The SMILES string of the molecule is CS(=O)(=O)CC(=O)Nc1c2c(nn1-c1ccc(C#N)cn1)C[C@H](C(F)(F)F)NC2=O. The van der Waals surface area contributed by atoms with Crippen molar-refractivity contribution in [3.8, 4) is 11.9 Å².